The maximum atomic E-state index is 11.3. The Bertz CT molecular complexity index is 190. The number of hydrogen-bond acceptors (Lipinski definition) is 2. The number of nitrogens with zero attached hydrogens (tertiary/aromatic N) is 1. The van der Waals surface area contributed by atoms with Gasteiger partial charge in [-0.25, -0.2) is 0 Å². The van der Waals surface area contributed by atoms with Crippen LogP contribution in [-0.4, -0.2) is 12.0 Å². The molecule has 2 nitrogen and oxygen atoms in total. The molecule has 0 aromatic carbocycles. The summed E-state index contributed by atoms with van der Waals surface area (Å²) in [6.45, 7) is 7.37. The Morgan fingerprint density at radius 1 is 1.36 bits per heavy atom. The van der Waals surface area contributed by atoms with Crippen molar-refractivity contribution in [2.75, 3.05) is 0 Å². The Hall–Kier alpha value is -0.920. The van der Waals surface area contributed by atoms with E-state index in [1.807, 2.05) is 20.8 Å². The van der Waals surface area contributed by atoms with Crippen LogP contribution in [0.15, 0.2) is 16.8 Å². The second-order valence-corrected chi connectivity index (χ2v) is 2.58. The van der Waals surface area contributed by atoms with Gasteiger partial charge in [0.2, 0.25) is 0 Å². The molecule has 0 rings (SSSR count). The van der Waals surface area contributed by atoms with E-state index >= 15 is 0 Å². The molecule has 0 atom stereocenters. The largest absolute Gasteiger partial charge is 0.292 e. The minimum atomic E-state index is 0.0323. The molecule has 11 heavy (non-hydrogen) atoms. The van der Waals surface area contributed by atoms with Crippen molar-refractivity contribution in [2.45, 2.75) is 27.7 Å². The third-order valence-electron chi connectivity index (χ3n) is 1.32. The second-order valence-electron chi connectivity index (χ2n) is 2.58. The SMILES string of the molecule is CC=N/C(=C\C)C(=O)C(C)C. The van der Waals surface area contributed by atoms with Gasteiger partial charge >= 0.3 is 0 Å². The number of allylic oxidation sites excluding steroid dienone is 2. The van der Waals surface area contributed by atoms with Gasteiger partial charge < -0.3 is 0 Å². The normalized spacial score (nSPS) is 13.0. The highest BCUT2D eigenvalue weighted by atomic mass is 16.1. The first-order valence-corrected chi connectivity index (χ1v) is 3.82. The van der Waals surface area contributed by atoms with E-state index in [-0.39, 0.29) is 11.7 Å². The van der Waals surface area contributed by atoms with Crippen LogP contribution in [0.2, 0.25) is 0 Å². The molecule has 0 saturated heterocycles. The molecule has 0 aromatic heterocycles. The fourth-order valence-corrected chi connectivity index (χ4v) is 0.715. The minimum absolute atomic E-state index is 0.0323. The van der Waals surface area contributed by atoms with E-state index in [1.54, 1.807) is 19.2 Å². The van der Waals surface area contributed by atoms with E-state index in [9.17, 15) is 4.79 Å². The highest BCUT2D eigenvalue weighted by Crippen LogP contribution is 2.06. The van der Waals surface area contributed by atoms with Gasteiger partial charge in [-0.3, -0.25) is 9.79 Å². The van der Waals surface area contributed by atoms with E-state index in [1.165, 1.54) is 0 Å². The fourth-order valence-electron chi connectivity index (χ4n) is 0.715. The highest BCUT2D eigenvalue weighted by Gasteiger charge is 2.10. The molecule has 0 aromatic rings. The lowest BCUT2D eigenvalue weighted by atomic mass is 10.1. The van der Waals surface area contributed by atoms with Crippen molar-refractivity contribution in [1.82, 2.24) is 0 Å². The Labute approximate surface area is 68.0 Å². The van der Waals surface area contributed by atoms with Crippen molar-refractivity contribution in [2.24, 2.45) is 10.9 Å². The number of rotatable bonds is 3. The lowest BCUT2D eigenvalue weighted by Crippen LogP contribution is -2.08. The smallest absolute Gasteiger partial charge is 0.183 e. The van der Waals surface area contributed by atoms with E-state index < -0.39 is 0 Å². The zero-order valence-electron chi connectivity index (χ0n) is 7.59. The molecule has 0 heterocycles. The maximum Gasteiger partial charge on any atom is 0.183 e. The molecule has 0 amide bonds. The molecule has 0 N–H and O–H groups in total. The number of Topliss-reactive ketones (excluding diaryl/α,β-unsaturated/α-hetero) is 1. The van der Waals surface area contributed by atoms with Gasteiger partial charge in [0.1, 0.15) is 5.70 Å². The first kappa shape index (κ1) is 10.1. The molecule has 62 valence electrons. The highest BCUT2D eigenvalue weighted by molar-refractivity contribution is 5.97. The third kappa shape index (κ3) is 3.12. The van der Waals surface area contributed by atoms with Crippen LogP contribution in [0.25, 0.3) is 0 Å². The average Bonchev–Trinajstić information content (AvgIpc) is 1.98. The molecular weight excluding hydrogens is 138 g/mol. The molecule has 0 aliphatic heterocycles. The number of hydrogen-bond donors (Lipinski definition) is 0. The summed E-state index contributed by atoms with van der Waals surface area (Å²) in [4.78, 5) is 15.2. The summed E-state index contributed by atoms with van der Waals surface area (Å²) < 4.78 is 0. The van der Waals surface area contributed by atoms with Gasteiger partial charge in [0.05, 0.1) is 0 Å². The Balaban J connectivity index is 4.41. The minimum Gasteiger partial charge on any atom is -0.292 e. The Morgan fingerprint density at radius 3 is 2.18 bits per heavy atom. The quantitative estimate of drug-likeness (QED) is 0.451. The topological polar surface area (TPSA) is 29.4 Å². The van der Waals surface area contributed by atoms with Gasteiger partial charge in [0, 0.05) is 12.1 Å². The Morgan fingerprint density at radius 2 is 1.91 bits per heavy atom. The van der Waals surface area contributed by atoms with Gasteiger partial charge in [-0.1, -0.05) is 19.9 Å². The first-order chi connectivity index (χ1) is 5.13. The van der Waals surface area contributed by atoms with Crippen LogP contribution in [0.4, 0.5) is 0 Å². The molecule has 0 bridgehead atoms. The Kier molecular flexibility index (Phi) is 4.42. The van der Waals surface area contributed by atoms with E-state index in [2.05, 4.69) is 4.99 Å². The van der Waals surface area contributed by atoms with Crippen LogP contribution in [0.3, 0.4) is 0 Å². The zero-order chi connectivity index (χ0) is 8.85. The third-order valence-corrected chi connectivity index (χ3v) is 1.32. The van der Waals surface area contributed by atoms with Crippen molar-refractivity contribution >= 4 is 12.0 Å². The lowest BCUT2D eigenvalue weighted by molar-refractivity contribution is -0.118. The van der Waals surface area contributed by atoms with Gasteiger partial charge in [-0.15, -0.1) is 0 Å². The van der Waals surface area contributed by atoms with Crippen LogP contribution < -0.4 is 0 Å². The van der Waals surface area contributed by atoms with Crippen molar-refractivity contribution in [3.8, 4) is 0 Å². The predicted octanol–water partition coefficient (Wildman–Crippen LogP) is 2.21. The number of aliphatic imine (C=N–C) groups is 1. The molecule has 0 fully saturated rings. The van der Waals surface area contributed by atoms with Crippen LogP contribution >= 0.6 is 0 Å². The summed E-state index contributed by atoms with van der Waals surface area (Å²) in [6.07, 6.45) is 3.37. The molecule has 0 radical (unpaired) electrons. The van der Waals surface area contributed by atoms with Gasteiger partial charge in [0.25, 0.3) is 0 Å². The van der Waals surface area contributed by atoms with Crippen LogP contribution in [0.1, 0.15) is 27.7 Å². The second kappa shape index (κ2) is 4.83. The summed E-state index contributed by atoms with van der Waals surface area (Å²) in [6, 6.07) is 0. The van der Waals surface area contributed by atoms with Crippen molar-refractivity contribution < 1.29 is 4.79 Å². The van der Waals surface area contributed by atoms with Crippen LogP contribution in [0, 0.1) is 5.92 Å². The average molecular weight is 153 g/mol. The summed E-state index contributed by atoms with van der Waals surface area (Å²) >= 11 is 0. The van der Waals surface area contributed by atoms with Crippen LogP contribution in [-0.2, 0) is 4.79 Å². The number of carbonyl (C=O) groups excluding carboxylic acids is 1. The van der Waals surface area contributed by atoms with E-state index in [0.29, 0.717) is 5.70 Å². The summed E-state index contributed by atoms with van der Waals surface area (Å²) in [5, 5.41) is 0. The van der Waals surface area contributed by atoms with Crippen molar-refractivity contribution in [1.29, 1.82) is 0 Å². The fraction of sp³-hybridized carbons (Fsp3) is 0.556. The van der Waals surface area contributed by atoms with Gasteiger partial charge in [-0.05, 0) is 13.8 Å². The zero-order valence-corrected chi connectivity index (χ0v) is 7.59. The molecule has 0 aliphatic rings. The predicted molar refractivity (Wildman–Crippen MR) is 47.8 cm³/mol. The molecule has 0 aliphatic carbocycles. The van der Waals surface area contributed by atoms with E-state index in [0.717, 1.165) is 0 Å². The summed E-state index contributed by atoms with van der Waals surface area (Å²) in [5.41, 5.74) is 0.558. The molecular formula is C9H15NO. The summed E-state index contributed by atoms with van der Waals surface area (Å²) in [7, 11) is 0. The first-order valence-electron chi connectivity index (χ1n) is 3.82. The molecule has 2 heteroatoms. The maximum absolute atomic E-state index is 11.3. The van der Waals surface area contributed by atoms with Gasteiger partial charge in [0.15, 0.2) is 5.78 Å². The molecule has 0 unspecified atom stereocenters. The molecule has 0 saturated carbocycles. The number of ketones is 1. The monoisotopic (exact) mass is 153 g/mol. The summed E-state index contributed by atoms with van der Waals surface area (Å²) in [5.74, 6) is 0.135. The number of carbonyl (C=O) groups is 1. The van der Waals surface area contributed by atoms with E-state index in [4.69, 9.17) is 0 Å². The standard InChI is InChI=1S/C9H15NO/c1-5-8(10-6-2)9(11)7(3)4/h5-7H,1-4H3/b8-5-,10-6?. The van der Waals surface area contributed by atoms with Crippen molar-refractivity contribution in [3.05, 3.63) is 11.8 Å². The van der Waals surface area contributed by atoms with Crippen molar-refractivity contribution in [3.63, 3.8) is 0 Å². The van der Waals surface area contributed by atoms with Gasteiger partial charge in [-0.2, -0.15) is 0 Å². The lowest BCUT2D eigenvalue weighted by Gasteiger charge is -2.02. The van der Waals surface area contributed by atoms with Crippen LogP contribution in [0.5, 0.6) is 0 Å². The molecule has 0 spiro atoms.